The van der Waals surface area contributed by atoms with Gasteiger partial charge in [-0.2, -0.15) is 0 Å². The number of aliphatic hydroxyl groups excluding tert-OH is 1. The molecule has 0 saturated heterocycles. The monoisotopic (exact) mass is 510 g/mol. The fraction of sp³-hybridized carbons (Fsp3) is 0.407. The Labute approximate surface area is 216 Å². The molecule has 10 heteroatoms. The molecule has 5 N–H and O–H groups in total. The van der Waals surface area contributed by atoms with E-state index in [-0.39, 0.29) is 31.6 Å². The van der Waals surface area contributed by atoms with Gasteiger partial charge in [0, 0.05) is 19.5 Å². The second kappa shape index (κ2) is 14.6. The highest BCUT2D eigenvalue weighted by atomic mass is 16.5. The number of carbonyl (C=O) groups excluding carboxylic acids is 4. The van der Waals surface area contributed by atoms with Gasteiger partial charge in [0.1, 0.15) is 17.8 Å². The highest BCUT2D eigenvalue weighted by Gasteiger charge is 2.25. The van der Waals surface area contributed by atoms with Crippen molar-refractivity contribution in [2.45, 2.75) is 44.2 Å². The summed E-state index contributed by atoms with van der Waals surface area (Å²) < 4.78 is 5.75. The van der Waals surface area contributed by atoms with E-state index in [0.717, 1.165) is 12.0 Å². The Morgan fingerprint density at radius 3 is 2.57 bits per heavy atom. The standard InChI is InChI=1S/C27H34N4O6/c32-18-22-27(36)29-16-7-17-37-23-12-5-4-11-20(23)25(34)31-21(13-14-24(33)30-22)26(35)28-15-6-10-19-8-2-1-3-9-19/h1-5,8-9,11-12,21-22,32H,6-7,10,13-18H2,(H,28,35)(H,29,36)(H,30,33)(H,31,34)/t21-,22-/m0/s1. The molecule has 10 nitrogen and oxygen atoms in total. The maximum absolute atomic E-state index is 13.1. The zero-order chi connectivity index (χ0) is 26.5. The Hall–Kier alpha value is -3.92. The van der Waals surface area contributed by atoms with E-state index in [9.17, 15) is 24.3 Å². The molecule has 0 radical (unpaired) electrons. The topological polar surface area (TPSA) is 146 Å². The minimum atomic E-state index is -1.11. The van der Waals surface area contributed by atoms with Gasteiger partial charge in [0.25, 0.3) is 5.91 Å². The third-order valence-electron chi connectivity index (χ3n) is 5.91. The van der Waals surface area contributed by atoms with Gasteiger partial charge in [-0.1, -0.05) is 42.5 Å². The quantitative estimate of drug-likeness (QED) is 0.362. The van der Waals surface area contributed by atoms with E-state index in [0.29, 0.717) is 25.1 Å². The maximum atomic E-state index is 13.1. The average molecular weight is 511 g/mol. The lowest BCUT2D eigenvalue weighted by atomic mass is 10.1. The Bertz CT molecular complexity index is 1060. The number of nitrogens with one attached hydrogen (secondary N) is 4. The molecule has 0 unspecified atom stereocenters. The predicted octanol–water partition coefficient (Wildman–Crippen LogP) is 0.690. The van der Waals surface area contributed by atoms with Gasteiger partial charge < -0.3 is 31.1 Å². The van der Waals surface area contributed by atoms with Crippen molar-refractivity contribution in [1.82, 2.24) is 21.3 Å². The van der Waals surface area contributed by atoms with E-state index < -0.39 is 42.3 Å². The van der Waals surface area contributed by atoms with Crippen LogP contribution < -0.4 is 26.0 Å². The molecule has 0 aliphatic carbocycles. The van der Waals surface area contributed by atoms with E-state index in [1.807, 2.05) is 30.3 Å². The molecule has 3 rings (SSSR count). The fourth-order valence-electron chi connectivity index (χ4n) is 3.88. The molecule has 37 heavy (non-hydrogen) atoms. The molecule has 198 valence electrons. The van der Waals surface area contributed by atoms with Crippen molar-refractivity contribution in [2.24, 2.45) is 0 Å². The maximum Gasteiger partial charge on any atom is 0.255 e. The van der Waals surface area contributed by atoms with Gasteiger partial charge in [-0.3, -0.25) is 19.2 Å². The van der Waals surface area contributed by atoms with Gasteiger partial charge in [-0.25, -0.2) is 0 Å². The van der Waals surface area contributed by atoms with Crippen molar-refractivity contribution in [2.75, 3.05) is 26.3 Å². The molecule has 2 atom stereocenters. The van der Waals surface area contributed by atoms with Crippen LogP contribution in [-0.2, 0) is 20.8 Å². The second-order valence-electron chi connectivity index (χ2n) is 8.74. The molecule has 1 heterocycles. The summed E-state index contributed by atoms with van der Waals surface area (Å²) >= 11 is 0. The number of benzene rings is 2. The van der Waals surface area contributed by atoms with Crippen molar-refractivity contribution in [1.29, 1.82) is 0 Å². The summed E-state index contributed by atoms with van der Waals surface area (Å²) in [6.45, 7) is 0.334. The Morgan fingerprint density at radius 2 is 1.78 bits per heavy atom. The van der Waals surface area contributed by atoms with Crippen LogP contribution in [0.25, 0.3) is 0 Å². The number of carbonyl (C=O) groups is 4. The zero-order valence-electron chi connectivity index (χ0n) is 20.7. The van der Waals surface area contributed by atoms with Crippen LogP contribution in [-0.4, -0.2) is 67.1 Å². The van der Waals surface area contributed by atoms with E-state index in [1.54, 1.807) is 24.3 Å². The molecule has 2 aromatic rings. The molecular weight excluding hydrogens is 476 g/mol. The zero-order valence-corrected chi connectivity index (χ0v) is 20.7. The number of fused-ring (bicyclic) bond motifs is 1. The van der Waals surface area contributed by atoms with Crippen molar-refractivity contribution in [3.05, 3.63) is 65.7 Å². The third kappa shape index (κ3) is 8.91. The second-order valence-corrected chi connectivity index (χ2v) is 8.74. The lowest BCUT2D eigenvalue weighted by Gasteiger charge is -2.21. The highest BCUT2D eigenvalue weighted by Crippen LogP contribution is 2.18. The molecular formula is C27H34N4O6. The van der Waals surface area contributed by atoms with Crippen LogP contribution in [0.2, 0.25) is 0 Å². The fourth-order valence-corrected chi connectivity index (χ4v) is 3.88. The summed E-state index contributed by atoms with van der Waals surface area (Å²) in [7, 11) is 0. The van der Waals surface area contributed by atoms with Gasteiger partial charge in [0.2, 0.25) is 17.7 Å². The summed E-state index contributed by atoms with van der Waals surface area (Å²) in [5, 5.41) is 20.2. The first-order chi connectivity index (χ1) is 18.0. The molecule has 1 aliphatic heterocycles. The summed E-state index contributed by atoms with van der Waals surface area (Å²) in [6, 6.07) is 14.5. The molecule has 1 aliphatic rings. The largest absolute Gasteiger partial charge is 0.493 e. The third-order valence-corrected chi connectivity index (χ3v) is 5.91. The lowest BCUT2D eigenvalue weighted by molar-refractivity contribution is -0.130. The first-order valence-corrected chi connectivity index (χ1v) is 12.5. The van der Waals surface area contributed by atoms with Crippen LogP contribution in [0.3, 0.4) is 0 Å². The van der Waals surface area contributed by atoms with Crippen LogP contribution in [0.4, 0.5) is 0 Å². The lowest BCUT2D eigenvalue weighted by Crippen LogP contribution is -2.50. The van der Waals surface area contributed by atoms with Crippen molar-refractivity contribution >= 4 is 23.6 Å². The van der Waals surface area contributed by atoms with Crippen LogP contribution in [0.15, 0.2) is 54.6 Å². The van der Waals surface area contributed by atoms with Crippen LogP contribution >= 0.6 is 0 Å². The number of para-hydroxylation sites is 1. The van der Waals surface area contributed by atoms with Crippen LogP contribution in [0, 0.1) is 0 Å². The van der Waals surface area contributed by atoms with Crippen molar-refractivity contribution < 1.29 is 29.0 Å². The number of hydrogen-bond acceptors (Lipinski definition) is 6. The molecule has 4 amide bonds. The molecule has 0 saturated carbocycles. The van der Waals surface area contributed by atoms with Gasteiger partial charge in [0.05, 0.1) is 18.8 Å². The van der Waals surface area contributed by atoms with Crippen molar-refractivity contribution in [3.63, 3.8) is 0 Å². The molecule has 0 bridgehead atoms. The van der Waals surface area contributed by atoms with Gasteiger partial charge in [-0.05, 0) is 43.4 Å². The normalized spacial score (nSPS) is 19.4. The molecule has 2 aromatic carbocycles. The average Bonchev–Trinajstić information content (AvgIpc) is 2.91. The molecule has 0 aromatic heterocycles. The highest BCUT2D eigenvalue weighted by molar-refractivity contribution is 5.99. The summed E-state index contributed by atoms with van der Waals surface area (Å²) in [5.41, 5.74) is 1.43. The van der Waals surface area contributed by atoms with E-state index in [1.165, 1.54) is 0 Å². The minimum Gasteiger partial charge on any atom is -0.493 e. The number of ether oxygens (including phenoxy) is 1. The SMILES string of the molecule is O=C1CC[C@@H](C(=O)NCCCc2ccccc2)NC(=O)c2ccccc2OCCCNC(=O)[C@H](CO)N1. The Balaban J connectivity index is 1.70. The summed E-state index contributed by atoms with van der Waals surface area (Å²) in [5.74, 6) is -1.57. The molecule has 0 fully saturated rings. The van der Waals surface area contributed by atoms with Crippen LogP contribution in [0.5, 0.6) is 5.75 Å². The van der Waals surface area contributed by atoms with Gasteiger partial charge in [0.15, 0.2) is 0 Å². The Morgan fingerprint density at radius 1 is 1.03 bits per heavy atom. The number of hydrogen-bond donors (Lipinski definition) is 5. The summed E-state index contributed by atoms with van der Waals surface area (Å²) in [6.07, 6.45) is 1.81. The van der Waals surface area contributed by atoms with E-state index in [2.05, 4.69) is 21.3 Å². The summed E-state index contributed by atoms with van der Waals surface area (Å²) in [4.78, 5) is 50.9. The first kappa shape index (κ1) is 27.7. The molecule has 0 spiro atoms. The number of rotatable bonds is 6. The van der Waals surface area contributed by atoms with Crippen LogP contribution in [0.1, 0.15) is 41.6 Å². The van der Waals surface area contributed by atoms with Crippen molar-refractivity contribution in [3.8, 4) is 5.75 Å². The van der Waals surface area contributed by atoms with Gasteiger partial charge >= 0.3 is 0 Å². The van der Waals surface area contributed by atoms with Gasteiger partial charge in [-0.15, -0.1) is 0 Å². The Kier molecular flexibility index (Phi) is 10.9. The smallest absolute Gasteiger partial charge is 0.255 e. The number of aryl methyl sites for hydroxylation is 1. The van der Waals surface area contributed by atoms with E-state index >= 15 is 0 Å². The van der Waals surface area contributed by atoms with E-state index in [4.69, 9.17) is 4.74 Å². The number of amides is 4. The number of aliphatic hydroxyl groups is 1. The first-order valence-electron chi connectivity index (χ1n) is 12.5. The minimum absolute atomic E-state index is 0.00484. The predicted molar refractivity (Wildman–Crippen MR) is 137 cm³/mol.